The van der Waals surface area contributed by atoms with E-state index < -0.39 is 0 Å². The van der Waals surface area contributed by atoms with Crippen LogP contribution in [0.15, 0.2) is 48.7 Å². The van der Waals surface area contributed by atoms with Gasteiger partial charge in [-0.15, -0.1) is 0 Å². The van der Waals surface area contributed by atoms with E-state index in [1.54, 1.807) is 24.4 Å². The SMILES string of the molecule is O=C1NC(C2CC2)Cc2[nH]c(-c3ccnc(-c4ccccc4F)c3)cc21. The van der Waals surface area contributed by atoms with Crippen molar-refractivity contribution in [2.75, 3.05) is 0 Å². The standard InChI is InChI=1S/C21H18FN3O/c22-16-4-2-1-3-14(16)19-9-13(7-8-23-19)17-10-15-20(24-17)11-18(12-5-6-12)25-21(15)26/h1-4,7-10,12,18,24H,5-6,11H2,(H,25,26). The molecule has 1 atom stereocenters. The molecule has 2 aliphatic rings. The van der Waals surface area contributed by atoms with E-state index >= 15 is 0 Å². The van der Waals surface area contributed by atoms with E-state index in [1.807, 2.05) is 18.2 Å². The zero-order valence-electron chi connectivity index (χ0n) is 14.1. The van der Waals surface area contributed by atoms with Crippen LogP contribution in [0.5, 0.6) is 0 Å². The summed E-state index contributed by atoms with van der Waals surface area (Å²) >= 11 is 0. The second-order valence-electron chi connectivity index (χ2n) is 7.11. The van der Waals surface area contributed by atoms with Crippen molar-refractivity contribution in [2.24, 2.45) is 5.92 Å². The first kappa shape index (κ1) is 15.3. The second kappa shape index (κ2) is 5.80. The molecule has 0 radical (unpaired) electrons. The molecule has 130 valence electrons. The van der Waals surface area contributed by atoms with Crippen molar-refractivity contribution in [3.05, 3.63) is 65.7 Å². The van der Waals surface area contributed by atoms with Gasteiger partial charge in [0, 0.05) is 41.2 Å². The van der Waals surface area contributed by atoms with Gasteiger partial charge in [0.05, 0.1) is 11.3 Å². The molecular weight excluding hydrogens is 329 g/mol. The fourth-order valence-corrected chi connectivity index (χ4v) is 3.73. The number of carbonyl (C=O) groups excluding carboxylic acids is 1. The summed E-state index contributed by atoms with van der Waals surface area (Å²) in [5, 5.41) is 3.12. The molecule has 1 aliphatic carbocycles. The quantitative estimate of drug-likeness (QED) is 0.754. The summed E-state index contributed by atoms with van der Waals surface area (Å²) in [6.45, 7) is 0. The van der Waals surface area contributed by atoms with Crippen LogP contribution in [0.4, 0.5) is 4.39 Å². The van der Waals surface area contributed by atoms with Gasteiger partial charge in [0.15, 0.2) is 0 Å². The summed E-state index contributed by atoms with van der Waals surface area (Å²) < 4.78 is 14.1. The van der Waals surface area contributed by atoms with Gasteiger partial charge in [-0.2, -0.15) is 0 Å². The van der Waals surface area contributed by atoms with Crippen LogP contribution in [0.2, 0.25) is 0 Å². The van der Waals surface area contributed by atoms with Crippen LogP contribution in [0.3, 0.4) is 0 Å². The summed E-state index contributed by atoms with van der Waals surface area (Å²) in [6.07, 6.45) is 4.91. The van der Waals surface area contributed by atoms with Gasteiger partial charge in [0.25, 0.3) is 5.91 Å². The van der Waals surface area contributed by atoms with Crippen LogP contribution < -0.4 is 5.32 Å². The Morgan fingerprint density at radius 3 is 2.73 bits per heavy atom. The van der Waals surface area contributed by atoms with Crippen molar-refractivity contribution in [3.8, 4) is 22.5 Å². The van der Waals surface area contributed by atoms with E-state index in [0.717, 1.165) is 23.4 Å². The average molecular weight is 347 g/mol. The lowest BCUT2D eigenvalue weighted by Crippen LogP contribution is -2.42. The van der Waals surface area contributed by atoms with Gasteiger partial charge in [0.2, 0.25) is 0 Å². The predicted molar refractivity (Wildman–Crippen MR) is 97.1 cm³/mol. The number of pyridine rings is 1. The molecule has 1 unspecified atom stereocenters. The molecule has 5 heteroatoms. The van der Waals surface area contributed by atoms with Crippen LogP contribution in [0, 0.1) is 11.7 Å². The van der Waals surface area contributed by atoms with Crippen LogP contribution in [-0.4, -0.2) is 21.9 Å². The lowest BCUT2D eigenvalue weighted by Gasteiger charge is -2.23. The van der Waals surface area contributed by atoms with Gasteiger partial charge < -0.3 is 10.3 Å². The third kappa shape index (κ3) is 2.60. The van der Waals surface area contributed by atoms with E-state index in [9.17, 15) is 9.18 Å². The minimum atomic E-state index is -0.297. The Labute approximate surface area is 150 Å². The molecule has 2 N–H and O–H groups in total. The Bertz CT molecular complexity index is 1010. The first-order valence-corrected chi connectivity index (χ1v) is 8.93. The van der Waals surface area contributed by atoms with Crippen LogP contribution >= 0.6 is 0 Å². The monoisotopic (exact) mass is 347 g/mol. The third-order valence-corrected chi connectivity index (χ3v) is 5.30. The number of nitrogens with one attached hydrogen (secondary N) is 2. The number of aromatic nitrogens is 2. The summed E-state index contributed by atoms with van der Waals surface area (Å²) in [5.41, 5.74) is 4.50. The smallest absolute Gasteiger partial charge is 0.253 e. The fraction of sp³-hybridized carbons (Fsp3) is 0.238. The zero-order valence-corrected chi connectivity index (χ0v) is 14.1. The molecule has 1 amide bonds. The van der Waals surface area contributed by atoms with Crippen molar-refractivity contribution < 1.29 is 9.18 Å². The topological polar surface area (TPSA) is 57.8 Å². The van der Waals surface area contributed by atoms with Crippen LogP contribution in [0.1, 0.15) is 28.9 Å². The number of amides is 1. The van der Waals surface area contributed by atoms with Gasteiger partial charge in [0.1, 0.15) is 5.82 Å². The normalized spacial score (nSPS) is 19.1. The number of nitrogens with zero attached hydrogens (tertiary/aromatic N) is 1. The van der Waals surface area contributed by atoms with Crippen molar-refractivity contribution >= 4 is 5.91 Å². The number of benzene rings is 1. The van der Waals surface area contributed by atoms with Gasteiger partial charge >= 0.3 is 0 Å². The minimum absolute atomic E-state index is 0.00552. The highest BCUT2D eigenvalue weighted by atomic mass is 19.1. The third-order valence-electron chi connectivity index (χ3n) is 5.30. The summed E-state index contributed by atoms with van der Waals surface area (Å²) in [6, 6.07) is 12.5. The molecule has 1 aromatic carbocycles. The maximum atomic E-state index is 14.1. The molecule has 0 spiro atoms. The molecule has 1 saturated carbocycles. The Morgan fingerprint density at radius 2 is 1.92 bits per heavy atom. The average Bonchev–Trinajstić information content (AvgIpc) is 3.41. The molecule has 2 aromatic heterocycles. The first-order valence-electron chi connectivity index (χ1n) is 8.93. The lowest BCUT2D eigenvalue weighted by molar-refractivity contribution is 0.0919. The zero-order chi connectivity index (χ0) is 17.7. The summed E-state index contributed by atoms with van der Waals surface area (Å²) in [4.78, 5) is 20.1. The van der Waals surface area contributed by atoms with E-state index in [0.29, 0.717) is 22.7 Å². The number of rotatable bonds is 3. The van der Waals surface area contributed by atoms with E-state index in [4.69, 9.17) is 0 Å². The number of aromatic amines is 1. The number of fused-ring (bicyclic) bond motifs is 1. The predicted octanol–water partition coefficient (Wildman–Crippen LogP) is 3.95. The molecule has 3 heterocycles. The number of hydrogen-bond donors (Lipinski definition) is 2. The number of hydrogen-bond acceptors (Lipinski definition) is 2. The largest absolute Gasteiger partial charge is 0.358 e. The van der Waals surface area contributed by atoms with Crippen molar-refractivity contribution in [1.82, 2.24) is 15.3 Å². The molecule has 0 bridgehead atoms. The maximum Gasteiger partial charge on any atom is 0.253 e. The van der Waals surface area contributed by atoms with Crippen LogP contribution in [-0.2, 0) is 6.42 Å². The molecule has 1 fully saturated rings. The molecule has 3 aromatic rings. The van der Waals surface area contributed by atoms with Gasteiger partial charge in [-0.25, -0.2) is 4.39 Å². The minimum Gasteiger partial charge on any atom is -0.358 e. The van der Waals surface area contributed by atoms with E-state index in [-0.39, 0.29) is 17.8 Å². The Morgan fingerprint density at radius 1 is 1.08 bits per heavy atom. The molecule has 26 heavy (non-hydrogen) atoms. The molecular formula is C21H18FN3O. The second-order valence-corrected chi connectivity index (χ2v) is 7.11. The van der Waals surface area contributed by atoms with E-state index in [2.05, 4.69) is 15.3 Å². The molecule has 5 rings (SSSR count). The summed E-state index contributed by atoms with van der Waals surface area (Å²) in [5.74, 6) is 0.316. The summed E-state index contributed by atoms with van der Waals surface area (Å²) in [7, 11) is 0. The molecule has 0 saturated heterocycles. The highest BCUT2D eigenvalue weighted by Gasteiger charge is 2.37. The van der Waals surface area contributed by atoms with Crippen molar-refractivity contribution in [1.29, 1.82) is 0 Å². The molecule has 4 nitrogen and oxygen atoms in total. The van der Waals surface area contributed by atoms with E-state index in [1.165, 1.54) is 18.9 Å². The maximum absolute atomic E-state index is 14.1. The number of carbonyl (C=O) groups is 1. The Kier molecular flexibility index (Phi) is 3.42. The highest BCUT2D eigenvalue weighted by molar-refractivity contribution is 5.98. The molecule has 1 aliphatic heterocycles. The first-order chi connectivity index (χ1) is 12.7. The number of H-pyrrole nitrogens is 1. The lowest BCUT2D eigenvalue weighted by atomic mass is 9.99. The van der Waals surface area contributed by atoms with Gasteiger partial charge in [-0.3, -0.25) is 9.78 Å². The van der Waals surface area contributed by atoms with Gasteiger partial charge in [-0.1, -0.05) is 12.1 Å². The highest BCUT2D eigenvalue weighted by Crippen LogP contribution is 2.37. The number of halogens is 1. The van der Waals surface area contributed by atoms with Crippen molar-refractivity contribution in [3.63, 3.8) is 0 Å². The fourth-order valence-electron chi connectivity index (χ4n) is 3.73. The van der Waals surface area contributed by atoms with Crippen LogP contribution in [0.25, 0.3) is 22.5 Å². The Hall–Kier alpha value is -2.95. The Balaban J connectivity index is 1.52. The van der Waals surface area contributed by atoms with Crippen molar-refractivity contribution in [2.45, 2.75) is 25.3 Å². The van der Waals surface area contributed by atoms with Gasteiger partial charge in [-0.05, 0) is 49.1 Å².